The topological polar surface area (TPSA) is 37.8 Å². The summed E-state index contributed by atoms with van der Waals surface area (Å²) in [7, 11) is 0. The van der Waals surface area contributed by atoms with E-state index in [0.29, 0.717) is 10.8 Å². The van der Waals surface area contributed by atoms with Gasteiger partial charge in [-0.15, -0.1) is 0 Å². The molecule has 1 aromatic carbocycles. The molecule has 88 valence electrons. The third kappa shape index (κ3) is 3.32. The lowest BCUT2D eigenvalue weighted by atomic mass is 10.1. The van der Waals surface area contributed by atoms with Crippen molar-refractivity contribution < 1.29 is 0 Å². The molecule has 0 unspecified atom stereocenters. The van der Waals surface area contributed by atoms with Crippen molar-refractivity contribution in [1.29, 1.82) is 0 Å². The predicted octanol–water partition coefficient (Wildman–Crippen LogP) is 3.44. The highest BCUT2D eigenvalue weighted by atomic mass is 35.5. The SMILES string of the molecule is Clc1ccccc1CCNc1ncncc1Cl. The third-order valence-corrected chi connectivity index (χ3v) is 2.96. The minimum absolute atomic E-state index is 0.520. The van der Waals surface area contributed by atoms with Crippen LogP contribution in [0.1, 0.15) is 5.56 Å². The molecule has 3 nitrogen and oxygen atoms in total. The zero-order valence-electron chi connectivity index (χ0n) is 9.03. The lowest BCUT2D eigenvalue weighted by Crippen LogP contribution is -2.07. The Morgan fingerprint density at radius 2 is 1.94 bits per heavy atom. The second-order valence-electron chi connectivity index (χ2n) is 3.49. The molecule has 0 aliphatic heterocycles. The summed E-state index contributed by atoms with van der Waals surface area (Å²) in [4.78, 5) is 7.87. The van der Waals surface area contributed by atoms with Crippen LogP contribution in [0.5, 0.6) is 0 Å². The molecule has 2 rings (SSSR count). The molecule has 0 aliphatic carbocycles. The Balaban J connectivity index is 1.93. The van der Waals surface area contributed by atoms with E-state index in [4.69, 9.17) is 23.2 Å². The van der Waals surface area contributed by atoms with Gasteiger partial charge in [-0.2, -0.15) is 0 Å². The Morgan fingerprint density at radius 3 is 2.71 bits per heavy atom. The number of nitrogens with zero attached hydrogens (tertiary/aromatic N) is 2. The molecule has 0 fully saturated rings. The number of hydrogen-bond acceptors (Lipinski definition) is 3. The lowest BCUT2D eigenvalue weighted by Gasteiger charge is -2.07. The lowest BCUT2D eigenvalue weighted by molar-refractivity contribution is 0.999. The number of benzene rings is 1. The molecule has 1 heterocycles. The first-order chi connectivity index (χ1) is 8.27. The summed E-state index contributed by atoms with van der Waals surface area (Å²) < 4.78 is 0. The van der Waals surface area contributed by atoms with Crippen molar-refractivity contribution in [2.24, 2.45) is 0 Å². The maximum absolute atomic E-state index is 6.06. The van der Waals surface area contributed by atoms with E-state index in [2.05, 4.69) is 15.3 Å². The minimum Gasteiger partial charge on any atom is -0.368 e. The van der Waals surface area contributed by atoms with Crippen molar-refractivity contribution in [3.05, 3.63) is 52.4 Å². The maximum Gasteiger partial charge on any atom is 0.148 e. The van der Waals surface area contributed by atoms with Gasteiger partial charge in [0.1, 0.15) is 17.2 Å². The second kappa shape index (κ2) is 5.84. The fourth-order valence-corrected chi connectivity index (χ4v) is 1.86. The number of hydrogen-bond donors (Lipinski definition) is 1. The average molecular weight is 268 g/mol. The molecule has 1 N–H and O–H groups in total. The van der Waals surface area contributed by atoms with Gasteiger partial charge in [-0.1, -0.05) is 41.4 Å². The molecule has 17 heavy (non-hydrogen) atoms. The molecule has 0 amide bonds. The van der Waals surface area contributed by atoms with E-state index in [0.717, 1.165) is 23.6 Å². The Kier molecular flexibility index (Phi) is 4.18. The first kappa shape index (κ1) is 12.1. The number of rotatable bonds is 4. The summed E-state index contributed by atoms with van der Waals surface area (Å²) in [6.07, 6.45) is 3.84. The molecule has 0 saturated heterocycles. The van der Waals surface area contributed by atoms with Crippen LogP contribution in [-0.2, 0) is 6.42 Å². The molecule has 0 bridgehead atoms. The van der Waals surface area contributed by atoms with Crippen LogP contribution in [-0.4, -0.2) is 16.5 Å². The van der Waals surface area contributed by atoms with E-state index in [-0.39, 0.29) is 0 Å². The van der Waals surface area contributed by atoms with Gasteiger partial charge in [0.25, 0.3) is 0 Å². The van der Waals surface area contributed by atoms with Crippen LogP contribution in [0.2, 0.25) is 10.0 Å². The highest BCUT2D eigenvalue weighted by Gasteiger charge is 2.01. The Hall–Kier alpha value is -1.32. The summed E-state index contributed by atoms with van der Waals surface area (Å²) in [6, 6.07) is 7.78. The van der Waals surface area contributed by atoms with Crippen molar-refractivity contribution in [2.45, 2.75) is 6.42 Å². The molecular weight excluding hydrogens is 257 g/mol. The van der Waals surface area contributed by atoms with Gasteiger partial charge < -0.3 is 5.32 Å². The minimum atomic E-state index is 0.520. The summed E-state index contributed by atoms with van der Waals surface area (Å²) in [6.45, 7) is 0.723. The first-order valence-corrected chi connectivity index (χ1v) is 5.96. The van der Waals surface area contributed by atoms with Crippen molar-refractivity contribution in [1.82, 2.24) is 9.97 Å². The van der Waals surface area contributed by atoms with E-state index in [1.165, 1.54) is 6.33 Å². The molecule has 5 heteroatoms. The molecule has 2 aromatic rings. The Labute approximate surface area is 110 Å². The fourth-order valence-electron chi connectivity index (χ4n) is 1.46. The summed E-state index contributed by atoms with van der Waals surface area (Å²) in [5, 5.41) is 4.45. The van der Waals surface area contributed by atoms with E-state index in [9.17, 15) is 0 Å². The zero-order valence-corrected chi connectivity index (χ0v) is 10.5. The monoisotopic (exact) mass is 267 g/mol. The molecule has 0 spiro atoms. The van der Waals surface area contributed by atoms with Crippen molar-refractivity contribution in [3.63, 3.8) is 0 Å². The van der Waals surface area contributed by atoms with E-state index in [1.54, 1.807) is 6.20 Å². The van der Waals surface area contributed by atoms with Gasteiger partial charge in [0, 0.05) is 11.6 Å². The van der Waals surface area contributed by atoms with Gasteiger partial charge in [-0.05, 0) is 18.1 Å². The van der Waals surface area contributed by atoms with Crippen LogP contribution in [0.4, 0.5) is 5.82 Å². The maximum atomic E-state index is 6.06. The van der Waals surface area contributed by atoms with Crippen LogP contribution >= 0.6 is 23.2 Å². The quantitative estimate of drug-likeness (QED) is 0.923. The second-order valence-corrected chi connectivity index (χ2v) is 4.30. The number of nitrogens with one attached hydrogen (secondary N) is 1. The van der Waals surface area contributed by atoms with Gasteiger partial charge in [0.2, 0.25) is 0 Å². The fraction of sp³-hybridized carbons (Fsp3) is 0.167. The van der Waals surface area contributed by atoms with Crippen LogP contribution < -0.4 is 5.32 Å². The molecule has 1 aromatic heterocycles. The molecule has 0 radical (unpaired) electrons. The predicted molar refractivity (Wildman–Crippen MR) is 70.7 cm³/mol. The van der Waals surface area contributed by atoms with Gasteiger partial charge in [-0.3, -0.25) is 0 Å². The average Bonchev–Trinajstić information content (AvgIpc) is 2.34. The Bertz CT molecular complexity index is 457. The zero-order chi connectivity index (χ0) is 12.1. The standard InChI is InChI=1S/C12H11Cl2N3/c13-10-4-2-1-3-9(10)5-6-16-12-11(14)7-15-8-17-12/h1-4,7-8H,5-6H2,(H,15,16,17). The summed E-state index contributed by atoms with van der Waals surface area (Å²) in [5.41, 5.74) is 1.10. The van der Waals surface area contributed by atoms with Crippen molar-refractivity contribution in [2.75, 3.05) is 11.9 Å². The number of anilines is 1. The smallest absolute Gasteiger partial charge is 0.148 e. The number of halogens is 2. The highest BCUT2D eigenvalue weighted by molar-refractivity contribution is 6.32. The van der Waals surface area contributed by atoms with Gasteiger partial charge in [0.05, 0.1) is 6.20 Å². The Morgan fingerprint density at radius 1 is 1.12 bits per heavy atom. The van der Waals surface area contributed by atoms with Crippen LogP contribution in [0, 0.1) is 0 Å². The summed E-state index contributed by atoms with van der Waals surface area (Å²) in [5.74, 6) is 0.647. The molecule has 0 atom stereocenters. The van der Waals surface area contributed by atoms with E-state index >= 15 is 0 Å². The molecular formula is C12H11Cl2N3. The van der Waals surface area contributed by atoms with Crippen LogP contribution in [0.15, 0.2) is 36.8 Å². The van der Waals surface area contributed by atoms with E-state index < -0.39 is 0 Å². The largest absolute Gasteiger partial charge is 0.368 e. The van der Waals surface area contributed by atoms with Gasteiger partial charge in [0.15, 0.2) is 0 Å². The highest BCUT2D eigenvalue weighted by Crippen LogP contribution is 2.18. The molecule has 0 aliphatic rings. The molecule has 0 saturated carbocycles. The van der Waals surface area contributed by atoms with Gasteiger partial charge >= 0.3 is 0 Å². The normalized spacial score (nSPS) is 10.2. The van der Waals surface area contributed by atoms with Crippen molar-refractivity contribution in [3.8, 4) is 0 Å². The number of aromatic nitrogens is 2. The summed E-state index contributed by atoms with van der Waals surface area (Å²) >= 11 is 12.0. The first-order valence-electron chi connectivity index (χ1n) is 5.20. The van der Waals surface area contributed by atoms with Crippen molar-refractivity contribution >= 4 is 29.0 Å². The third-order valence-electron chi connectivity index (χ3n) is 2.31. The van der Waals surface area contributed by atoms with Gasteiger partial charge in [-0.25, -0.2) is 9.97 Å². The van der Waals surface area contributed by atoms with Crippen LogP contribution in [0.25, 0.3) is 0 Å². The van der Waals surface area contributed by atoms with Crippen LogP contribution in [0.3, 0.4) is 0 Å². The van der Waals surface area contributed by atoms with E-state index in [1.807, 2.05) is 24.3 Å².